The Morgan fingerprint density at radius 3 is 2.54 bits per heavy atom. The first-order valence-electron chi connectivity index (χ1n) is 8.22. The van der Waals surface area contributed by atoms with Crippen LogP contribution in [0.15, 0.2) is 39.8 Å². The summed E-state index contributed by atoms with van der Waals surface area (Å²) in [4.78, 5) is 12.5. The lowest BCUT2D eigenvalue weighted by Gasteiger charge is -2.25. The number of nitrogens with one attached hydrogen (secondary N) is 1. The second-order valence-electron chi connectivity index (χ2n) is 6.21. The number of piperidine rings is 1. The van der Waals surface area contributed by atoms with Crippen LogP contribution in [0, 0.1) is 5.82 Å². The quantitative estimate of drug-likeness (QED) is 0.787. The van der Waals surface area contributed by atoms with Gasteiger partial charge < -0.3 is 9.88 Å². The maximum atomic E-state index is 13.9. The number of nitrogens with zero attached hydrogens (tertiary/aromatic N) is 2. The highest BCUT2D eigenvalue weighted by Gasteiger charge is 2.28. The zero-order valence-electron chi connectivity index (χ0n) is 14.2. The molecule has 1 aliphatic heterocycles. The molecule has 1 aromatic carbocycles. The van der Waals surface area contributed by atoms with Crippen molar-refractivity contribution in [2.24, 2.45) is 7.05 Å². The number of hydrogen-bond acceptors (Lipinski definition) is 3. The first kappa shape index (κ1) is 19.1. The molecule has 0 atom stereocenters. The number of aryl methyl sites for hydroxylation is 1. The number of carbonyl (C=O) groups excluding carboxylic acids is 1. The molecule has 140 valence electrons. The Kier molecular flexibility index (Phi) is 5.50. The Balaban J connectivity index is 1.84. The van der Waals surface area contributed by atoms with Crippen molar-refractivity contribution in [3.05, 3.63) is 46.4 Å². The average Bonchev–Trinajstić information content (AvgIpc) is 3.01. The zero-order valence-corrected chi connectivity index (χ0v) is 16.6. The minimum Gasteiger partial charge on any atom is -0.345 e. The Morgan fingerprint density at radius 1 is 1.19 bits per heavy atom. The molecule has 1 aromatic heterocycles. The maximum Gasteiger partial charge on any atom is 0.272 e. The molecule has 26 heavy (non-hydrogen) atoms. The van der Waals surface area contributed by atoms with E-state index in [2.05, 4.69) is 21.2 Å². The molecule has 0 saturated carbocycles. The van der Waals surface area contributed by atoms with Gasteiger partial charge in [-0.1, -0.05) is 22.4 Å². The first-order valence-corrected chi connectivity index (χ1v) is 10.5. The normalized spacial score (nSPS) is 15.8. The Bertz CT molecular complexity index is 937. The summed E-state index contributed by atoms with van der Waals surface area (Å²) in [5, 5.41) is 2.47. The molecule has 0 aliphatic carbocycles. The molecule has 0 bridgehead atoms. The summed E-state index contributed by atoms with van der Waals surface area (Å²) in [6.45, 7) is 0.978. The van der Waals surface area contributed by atoms with E-state index in [4.69, 9.17) is 0 Å². The number of benzene rings is 1. The van der Waals surface area contributed by atoms with E-state index in [0.717, 1.165) is 19.3 Å². The molecule has 2 aromatic rings. The molecule has 1 aliphatic rings. The Morgan fingerprint density at radius 2 is 1.88 bits per heavy atom. The van der Waals surface area contributed by atoms with Gasteiger partial charge in [-0.2, -0.15) is 4.31 Å². The van der Waals surface area contributed by atoms with Gasteiger partial charge in [0, 0.05) is 30.8 Å². The number of rotatable bonds is 4. The summed E-state index contributed by atoms with van der Waals surface area (Å²) in [5.74, 6) is -1.16. The molecule has 6 nitrogen and oxygen atoms in total. The standard InChI is InChI=1S/C17H19BrFN3O3S/c1-21-11-13(26(24,25)22-7-3-2-4-8-22)10-16(21)17(23)20-15-6-5-12(18)9-14(15)19/h5-6,9-11H,2-4,7-8H2,1H3,(H,20,23). The molecule has 1 N–H and O–H groups in total. The van der Waals surface area contributed by atoms with Crippen molar-refractivity contribution in [3.63, 3.8) is 0 Å². The molecule has 1 saturated heterocycles. The van der Waals surface area contributed by atoms with Gasteiger partial charge >= 0.3 is 0 Å². The number of anilines is 1. The highest BCUT2D eigenvalue weighted by molar-refractivity contribution is 9.10. The van der Waals surface area contributed by atoms with Crippen LogP contribution < -0.4 is 5.32 Å². The number of amides is 1. The molecule has 0 spiro atoms. The van der Waals surface area contributed by atoms with Crippen molar-refractivity contribution in [2.75, 3.05) is 18.4 Å². The molecule has 9 heteroatoms. The number of halogens is 2. The van der Waals surface area contributed by atoms with E-state index in [-0.39, 0.29) is 16.3 Å². The largest absolute Gasteiger partial charge is 0.345 e. The van der Waals surface area contributed by atoms with Gasteiger partial charge in [-0.15, -0.1) is 0 Å². The second kappa shape index (κ2) is 7.50. The van der Waals surface area contributed by atoms with Gasteiger partial charge in [0.2, 0.25) is 10.0 Å². The Labute approximate surface area is 160 Å². The monoisotopic (exact) mass is 443 g/mol. The van der Waals surface area contributed by atoms with Crippen molar-refractivity contribution in [3.8, 4) is 0 Å². The van der Waals surface area contributed by atoms with E-state index in [0.29, 0.717) is 17.6 Å². The predicted octanol–water partition coefficient (Wildman–Crippen LogP) is 3.35. The number of carbonyl (C=O) groups is 1. The summed E-state index contributed by atoms with van der Waals surface area (Å²) >= 11 is 3.15. The van der Waals surface area contributed by atoms with Gasteiger partial charge in [0.1, 0.15) is 16.4 Å². The van der Waals surface area contributed by atoms with E-state index in [1.807, 2.05) is 0 Å². The first-order chi connectivity index (χ1) is 12.3. The topological polar surface area (TPSA) is 71.4 Å². The van der Waals surface area contributed by atoms with E-state index >= 15 is 0 Å². The zero-order chi connectivity index (χ0) is 18.9. The lowest BCUT2D eigenvalue weighted by atomic mass is 10.2. The fourth-order valence-electron chi connectivity index (χ4n) is 2.93. The highest BCUT2D eigenvalue weighted by Crippen LogP contribution is 2.24. The van der Waals surface area contributed by atoms with Crippen LogP contribution in [0.1, 0.15) is 29.8 Å². The van der Waals surface area contributed by atoms with Gasteiger partial charge in [0.15, 0.2) is 0 Å². The van der Waals surface area contributed by atoms with Crippen molar-refractivity contribution < 1.29 is 17.6 Å². The van der Waals surface area contributed by atoms with Gasteiger partial charge in [0.05, 0.1) is 5.69 Å². The van der Waals surface area contributed by atoms with Gasteiger partial charge in [0.25, 0.3) is 5.91 Å². The third kappa shape index (κ3) is 3.84. The molecule has 3 rings (SSSR count). The van der Waals surface area contributed by atoms with E-state index in [1.165, 1.54) is 33.3 Å². The lowest BCUT2D eigenvalue weighted by Crippen LogP contribution is -2.35. The van der Waals surface area contributed by atoms with Crippen LogP contribution in [-0.4, -0.2) is 36.3 Å². The van der Waals surface area contributed by atoms with Crippen LogP contribution >= 0.6 is 15.9 Å². The fraction of sp³-hybridized carbons (Fsp3) is 0.353. The van der Waals surface area contributed by atoms with Gasteiger partial charge in [-0.05, 0) is 37.1 Å². The predicted molar refractivity (Wildman–Crippen MR) is 100 cm³/mol. The van der Waals surface area contributed by atoms with Crippen LogP contribution in [0.4, 0.5) is 10.1 Å². The Hall–Kier alpha value is -1.71. The minimum atomic E-state index is -3.63. The third-order valence-corrected chi connectivity index (χ3v) is 6.70. The van der Waals surface area contributed by atoms with Crippen molar-refractivity contribution >= 4 is 37.5 Å². The molecular weight excluding hydrogens is 425 g/mol. The summed E-state index contributed by atoms with van der Waals surface area (Å²) < 4.78 is 42.8. The molecule has 1 amide bonds. The van der Waals surface area contributed by atoms with Crippen LogP contribution in [-0.2, 0) is 17.1 Å². The molecule has 0 radical (unpaired) electrons. The number of aromatic nitrogens is 1. The van der Waals surface area contributed by atoms with E-state index < -0.39 is 21.7 Å². The summed E-state index contributed by atoms with van der Waals surface area (Å²) in [5.41, 5.74) is 0.169. The van der Waals surface area contributed by atoms with Crippen LogP contribution in [0.3, 0.4) is 0 Å². The van der Waals surface area contributed by atoms with E-state index in [9.17, 15) is 17.6 Å². The van der Waals surface area contributed by atoms with Crippen LogP contribution in [0.25, 0.3) is 0 Å². The van der Waals surface area contributed by atoms with Crippen molar-refractivity contribution in [1.29, 1.82) is 0 Å². The maximum absolute atomic E-state index is 13.9. The number of sulfonamides is 1. The van der Waals surface area contributed by atoms with E-state index in [1.54, 1.807) is 13.1 Å². The molecular formula is C17H19BrFN3O3S. The highest BCUT2D eigenvalue weighted by atomic mass is 79.9. The van der Waals surface area contributed by atoms with Crippen LogP contribution in [0.5, 0.6) is 0 Å². The number of hydrogen-bond donors (Lipinski definition) is 1. The molecule has 1 fully saturated rings. The summed E-state index contributed by atoms with van der Waals surface area (Å²) in [6, 6.07) is 5.62. The minimum absolute atomic E-state index is 0.0276. The smallest absolute Gasteiger partial charge is 0.272 e. The summed E-state index contributed by atoms with van der Waals surface area (Å²) in [7, 11) is -2.05. The second-order valence-corrected chi connectivity index (χ2v) is 9.07. The van der Waals surface area contributed by atoms with Gasteiger partial charge in [-0.25, -0.2) is 12.8 Å². The molecule has 2 heterocycles. The SMILES string of the molecule is Cn1cc(S(=O)(=O)N2CCCCC2)cc1C(=O)Nc1ccc(Br)cc1F. The molecule has 0 unspecified atom stereocenters. The third-order valence-electron chi connectivity index (χ3n) is 4.34. The fourth-order valence-corrected chi connectivity index (χ4v) is 4.85. The van der Waals surface area contributed by atoms with Crippen molar-refractivity contribution in [1.82, 2.24) is 8.87 Å². The average molecular weight is 444 g/mol. The van der Waals surface area contributed by atoms with Gasteiger partial charge in [-0.3, -0.25) is 4.79 Å². The van der Waals surface area contributed by atoms with Crippen LogP contribution in [0.2, 0.25) is 0 Å². The van der Waals surface area contributed by atoms with Crippen molar-refractivity contribution in [2.45, 2.75) is 24.2 Å². The summed E-state index contributed by atoms with van der Waals surface area (Å²) in [6.07, 6.45) is 4.11. The lowest BCUT2D eigenvalue weighted by molar-refractivity contribution is 0.101.